The van der Waals surface area contributed by atoms with Gasteiger partial charge < -0.3 is 0 Å². The summed E-state index contributed by atoms with van der Waals surface area (Å²) in [5.74, 6) is -1.85. The standard InChI is InChI=1S/C21H18F2OSe/c1-3-13-24-18-11-10-17(20(22)21(18)23)14-5-7-15(8-6-14)19-12-9-16(4-2)25-19/h4-12H,2-3,13H2,1H3. The second-order valence-electron chi connectivity index (χ2n) is 5.57. The molecule has 0 saturated carbocycles. The summed E-state index contributed by atoms with van der Waals surface area (Å²) in [6.45, 7) is 6.07. The molecule has 3 rings (SSSR count). The van der Waals surface area contributed by atoms with Gasteiger partial charge in [0.2, 0.25) is 0 Å². The number of halogens is 2. The Morgan fingerprint density at radius 1 is 0.960 bits per heavy atom. The van der Waals surface area contributed by atoms with Gasteiger partial charge in [-0.1, -0.05) is 6.92 Å². The Morgan fingerprint density at radius 2 is 1.68 bits per heavy atom. The minimum atomic E-state index is -0.934. The van der Waals surface area contributed by atoms with Crippen LogP contribution in [0.1, 0.15) is 17.8 Å². The molecule has 1 aromatic heterocycles. The fourth-order valence-corrected chi connectivity index (χ4v) is 4.32. The molecule has 128 valence electrons. The van der Waals surface area contributed by atoms with Crippen molar-refractivity contribution in [1.82, 2.24) is 0 Å². The van der Waals surface area contributed by atoms with Crippen molar-refractivity contribution < 1.29 is 13.5 Å². The normalized spacial score (nSPS) is 10.7. The molecule has 0 spiro atoms. The van der Waals surface area contributed by atoms with Crippen LogP contribution >= 0.6 is 0 Å². The van der Waals surface area contributed by atoms with E-state index in [1.165, 1.54) is 14.9 Å². The zero-order valence-corrected chi connectivity index (χ0v) is 15.6. The first-order valence-corrected chi connectivity index (χ1v) is 9.79. The van der Waals surface area contributed by atoms with E-state index in [9.17, 15) is 8.78 Å². The van der Waals surface area contributed by atoms with E-state index in [0.29, 0.717) is 12.2 Å². The molecule has 2 aromatic carbocycles. The molecule has 0 atom stereocenters. The van der Waals surface area contributed by atoms with Crippen LogP contribution < -0.4 is 4.74 Å². The summed E-state index contributed by atoms with van der Waals surface area (Å²) in [6.07, 6.45) is 2.61. The summed E-state index contributed by atoms with van der Waals surface area (Å²) in [5.41, 5.74) is 1.98. The van der Waals surface area contributed by atoms with Gasteiger partial charge in [-0.15, -0.1) is 0 Å². The van der Waals surface area contributed by atoms with Gasteiger partial charge in [-0.3, -0.25) is 0 Å². The Morgan fingerprint density at radius 3 is 2.32 bits per heavy atom. The molecule has 0 radical (unpaired) electrons. The Kier molecular flexibility index (Phi) is 5.52. The van der Waals surface area contributed by atoms with Crippen molar-refractivity contribution in [2.45, 2.75) is 13.3 Å². The van der Waals surface area contributed by atoms with Crippen molar-refractivity contribution in [3.05, 3.63) is 71.2 Å². The number of rotatable bonds is 6. The van der Waals surface area contributed by atoms with Crippen LogP contribution in [0, 0.1) is 11.6 Å². The Hall–Kier alpha value is -2.16. The van der Waals surface area contributed by atoms with E-state index in [1.54, 1.807) is 6.07 Å². The summed E-state index contributed by atoms with van der Waals surface area (Å²) in [7, 11) is 0. The number of hydrogen-bond acceptors (Lipinski definition) is 1. The molecular formula is C21H18F2OSe. The summed E-state index contributed by atoms with van der Waals surface area (Å²) < 4.78 is 36.3. The first kappa shape index (κ1) is 17.7. The first-order chi connectivity index (χ1) is 12.1. The maximum absolute atomic E-state index is 14.4. The van der Waals surface area contributed by atoms with Crippen LogP contribution in [0.4, 0.5) is 8.78 Å². The number of ether oxygens (including phenoxy) is 1. The number of benzene rings is 2. The first-order valence-electron chi connectivity index (χ1n) is 8.08. The average Bonchev–Trinajstić information content (AvgIpc) is 3.12. The summed E-state index contributed by atoms with van der Waals surface area (Å²) >= 11 is 0.249. The van der Waals surface area contributed by atoms with Gasteiger partial charge in [0.15, 0.2) is 0 Å². The van der Waals surface area contributed by atoms with Crippen LogP contribution in [0.2, 0.25) is 0 Å². The van der Waals surface area contributed by atoms with Gasteiger partial charge in [0, 0.05) is 0 Å². The van der Waals surface area contributed by atoms with Gasteiger partial charge in [-0.05, 0) is 0 Å². The molecule has 3 aromatic rings. The van der Waals surface area contributed by atoms with Crippen LogP contribution in [0.15, 0.2) is 55.1 Å². The Balaban J connectivity index is 1.89. The van der Waals surface area contributed by atoms with Crippen LogP contribution in [0.25, 0.3) is 27.2 Å². The molecule has 0 fully saturated rings. The second-order valence-corrected chi connectivity index (χ2v) is 7.91. The molecule has 1 nitrogen and oxygen atoms in total. The maximum atomic E-state index is 14.4. The van der Waals surface area contributed by atoms with E-state index in [1.807, 2.05) is 37.3 Å². The van der Waals surface area contributed by atoms with Gasteiger partial charge in [0.1, 0.15) is 0 Å². The van der Waals surface area contributed by atoms with E-state index in [0.717, 1.165) is 12.0 Å². The molecule has 0 amide bonds. The zero-order chi connectivity index (χ0) is 17.8. The van der Waals surface area contributed by atoms with Crippen LogP contribution in [-0.2, 0) is 0 Å². The SMILES string of the molecule is C=Cc1ccc(-c2ccc(-c3ccc(OCCC)c(F)c3F)cc2)[se]1. The fraction of sp³-hybridized carbons (Fsp3) is 0.143. The number of hydrogen-bond donors (Lipinski definition) is 0. The molecule has 4 heteroatoms. The second kappa shape index (κ2) is 7.81. The summed E-state index contributed by atoms with van der Waals surface area (Å²) in [5, 5.41) is 0. The molecule has 0 aliphatic carbocycles. The van der Waals surface area contributed by atoms with Crippen LogP contribution in [0.3, 0.4) is 0 Å². The fourth-order valence-electron chi connectivity index (χ4n) is 2.51. The topological polar surface area (TPSA) is 9.23 Å². The Bertz CT molecular complexity index is 881. The minimum absolute atomic E-state index is 0.0402. The van der Waals surface area contributed by atoms with E-state index in [-0.39, 0.29) is 25.8 Å². The molecular weight excluding hydrogens is 385 g/mol. The van der Waals surface area contributed by atoms with Crippen molar-refractivity contribution in [2.75, 3.05) is 6.61 Å². The van der Waals surface area contributed by atoms with E-state index >= 15 is 0 Å². The van der Waals surface area contributed by atoms with Crippen molar-refractivity contribution in [3.63, 3.8) is 0 Å². The van der Waals surface area contributed by atoms with Crippen molar-refractivity contribution in [1.29, 1.82) is 0 Å². The average molecular weight is 403 g/mol. The molecule has 0 N–H and O–H groups in total. The van der Waals surface area contributed by atoms with Crippen molar-refractivity contribution >= 4 is 20.6 Å². The zero-order valence-electron chi connectivity index (χ0n) is 13.9. The quantitative estimate of drug-likeness (QED) is 0.474. The van der Waals surface area contributed by atoms with Gasteiger partial charge in [-0.2, -0.15) is 0 Å². The van der Waals surface area contributed by atoms with Gasteiger partial charge in [0.25, 0.3) is 0 Å². The van der Waals surface area contributed by atoms with Gasteiger partial charge in [0.05, 0.1) is 0 Å². The van der Waals surface area contributed by atoms with E-state index in [2.05, 4.69) is 18.7 Å². The third kappa shape index (κ3) is 3.76. The third-order valence-electron chi connectivity index (χ3n) is 3.82. The van der Waals surface area contributed by atoms with Gasteiger partial charge >= 0.3 is 145 Å². The molecule has 0 bridgehead atoms. The van der Waals surface area contributed by atoms with Crippen molar-refractivity contribution in [2.24, 2.45) is 0 Å². The van der Waals surface area contributed by atoms with Crippen LogP contribution in [-0.4, -0.2) is 21.1 Å². The monoisotopic (exact) mass is 404 g/mol. The predicted molar refractivity (Wildman–Crippen MR) is 100 cm³/mol. The van der Waals surface area contributed by atoms with Crippen molar-refractivity contribution in [3.8, 4) is 26.9 Å². The third-order valence-corrected chi connectivity index (χ3v) is 6.19. The molecule has 0 aliphatic rings. The molecule has 0 saturated heterocycles. The molecule has 0 aliphatic heterocycles. The Labute approximate surface area is 152 Å². The molecule has 0 unspecified atom stereocenters. The van der Waals surface area contributed by atoms with Crippen LogP contribution in [0.5, 0.6) is 5.75 Å². The van der Waals surface area contributed by atoms with Gasteiger partial charge in [-0.25, -0.2) is 0 Å². The summed E-state index contributed by atoms with van der Waals surface area (Å²) in [4.78, 5) is 0. The van der Waals surface area contributed by atoms with E-state index in [4.69, 9.17) is 4.74 Å². The molecule has 25 heavy (non-hydrogen) atoms. The summed E-state index contributed by atoms with van der Waals surface area (Å²) in [6, 6.07) is 14.7. The predicted octanol–water partition coefficient (Wildman–Crippen LogP) is 5.79. The van der Waals surface area contributed by atoms with E-state index < -0.39 is 11.6 Å². The molecule has 1 heterocycles.